The number of nitro groups is 1. The minimum atomic E-state index is -2.11. The Kier molecular flexibility index (Phi) is 3.21. The van der Waals surface area contributed by atoms with Crippen molar-refractivity contribution in [3.05, 3.63) is 33.1 Å². The van der Waals surface area contributed by atoms with E-state index >= 15 is 0 Å². The molecule has 92 valence electrons. The largest absolute Gasteiger partial charge is 0.491 e. The van der Waals surface area contributed by atoms with Crippen molar-refractivity contribution in [2.45, 2.75) is 0 Å². The number of carbonyl (C=O) groups is 1. The van der Waals surface area contributed by atoms with Gasteiger partial charge in [-0.15, -0.1) is 0 Å². The number of rotatable bonds is 3. The van der Waals surface area contributed by atoms with Crippen LogP contribution in [-0.4, -0.2) is 23.1 Å². The Morgan fingerprint density at radius 3 is 2.18 bits per heavy atom. The van der Waals surface area contributed by atoms with Crippen LogP contribution < -0.4 is 4.74 Å². The second-order valence-electron chi connectivity index (χ2n) is 2.76. The minimum absolute atomic E-state index is 0.762. The lowest BCUT2D eigenvalue weighted by atomic mass is 10.1. The first kappa shape index (κ1) is 12.7. The number of carboxylic acid groups (broad SMARTS) is 1. The topological polar surface area (TPSA) is 89.7 Å². The number of halogens is 3. The zero-order chi connectivity index (χ0) is 13.3. The van der Waals surface area contributed by atoms with Crippen LogP contribution in [-0.2, 0) is 0 Å². The van der Waals surface area contributed by atoms with Crippen LogP contribution in [0.4, 0.5) is 18.9 Å². The van der Waals surface area contributed by atoms with Gasteiger partial charge in [-0.05, 0) is 0 Å². The molecule has 9 heteroatoms. The van der Waals surface area contributed by atoms with Gasteiger partial charge >= 0.3 is 11.7 Å². The Labute approximate surface area is 91.4 Å². The van der Waals surface area contributed by atoms with Crippen molar-refractivity contribution in [2.75, 3.05) is 7.11 Å². The molecular formula is C8H4F3NO5. The van der Waals surface area contributed by atoms with Crippen LogP contribution in [0.5, 0.6) is 5.75 Å². The van der Waals surface area contributed by atoms with Gasteiger partial charge in [0, 0.05) is 0 Å². The highest BCUT2D eigenvalue weighted by atomic mass is 19.2. The average Bonchev–Trinajstić information content (AvgIpc) is 2.22. The fourth-order valence-electron chi connectivity index (χ4n) is 1.17. The number of aromatic carboxylic acids is 1. The second-order valence-corrected chi connectivity index (χ2v) is 2.76. The number of ether oxygens (including phenoxy) is 1. The molecule has 17 heavy (non-hydrogen) atoms. The van der Waals surface area contributed by atoms with Crippen molar-refractivity contribution in [3.63, 3.8) is 0 Å². The molecule has 1 N–H and O–H groups in total. The van der Waals surface area contributed by atoms with Crippen LogP contribution in [0.15, 0.2) is 0 Å². The van der Waals surface area contributed by atoms with Gasteiger partial charge in [0.25, 0.3) is 0 Å². The fraction of sp³-hybridized carbons (Fsp3) is 0.125. The van der Waals surface area contributed by atoms with E-state index in [-0.39, 0.29) is 0 Å². The fourth-order valence-corrected chi connectivity index (χ4v) is 1.17. The lowest BCUT2D eigenvalue weighted by Gasteiger charge is -2.07. The number of carboxylic acids is 1. The third-order valence-corrected chi connectivity index (χ3v) is 1.86. The minimum Gasteiger partial charge on any atom is -0.491 e. The van der Waals surface area contributed by atoms with Gasteiger partial charge in [0.1, 0.15) is 0 Å². The van der Waals surface area contributed by atoms with Crippen LogP contribution in [0, 0.1) is 27.6 Å². The summed E-state index contributed by atoms with van der Waals surface area (Å²) in [4.78, 5) is 19.4. The monoisotopic (exact) mass is 251 g/mol. The maximum atomic E-state index is 13.4. The Morgan fingerprint density at radius 1 is 1.29 bits per heavy atom. The standard InChI is InChI=1S/C8H4F3NO5/c1-17-7-3(9)2(8(13)14)6(12(15)16)4(10)5(7)11/h1H3,(H,13,14). The van der Waals surface area contributed by atoms with Gasteiger partial charge in [0.05, 0.1) is 12.0 Å². The van der Waals surface area contributed by atoms with E-state index < -0.39 is 45.3 Å². The molecule has 0 aliphatic carbocycles. The predicted molar refractivity (Wildman–Crippen MR) is 46.5 cm³/mol. The van der Waals surface area contributed by atoms with E-state index in [9.17, 15) is 28.1 Å². The zero-order valence-electron chi connectivity index (χ0n) is 8.16. The van der Waals surface area contributed by atoms with E-state index in [4.69, 9.17) is 5.11 Å². The lowest BCUT2D eigenvalue weighted by molar-refractivity contribution is -0.388. The Bertz CT molecular complexity index is 517. The van der Waals surface area contributed by atoms with Crippen LogP contribution in [0.2, 0.25) is 0 Å². The summed E-state index contributed by atoms with van der Waals surface area (Å²) in [6.07, 6.45) is 0. The number of methoxy groups -OCH3 is 1. The molecular weight excluding hydrogens is 247 g/mol. The SMILES string of the molecule is COc1c(F)c(F)c([N+](=O)[O-])c(C(=O)O)c1F. The van der Waals surface area contributed by atoms with E-state index in [0.717, 1.165) is 7.11 Å². The van der Waals surface area contributed by atoms with Crippen LogP contribution >= 0.6 is 0 Å². The van der Waals surface area contributed by atoms with Gasteiger partial charge in [-0.25, -0.2) is 9.18 Å². The third kappa shape index (κ3) is 1.86. The first-order chi connectivity index (χ1) is 7.82. The molecule has 0 atom stereocenters. The van der Waals surface area contributed by atoms with Gasteiger partial charge in [-0.3, -0.25) is 10.1 Å². The molecule has 6 nitrogen and oxygen atoms in total. The van der Waals surface area contributed by atoms with E-state index in [2.05, 4.69) is 4.74 Å². The van der Waals surface area contributed by atoms with Crippen LogP contribution in [0.3, 0.4) is 0 Å². The summed E-state index contributed by atoms with van der Waals surface area (Å²) in [5.74, 6) is -9.32. The van der Waals surface area contributed by atoms with Gasteiger partial charge < -0.3 is 9.84 Å². The smallest absolute Gasteiger partial charge is 0.346 e. The van der Waals surface area contributed by atoms with E-state index in [1.54, 1.807) is 0 Å². The number of nitro benzene ring substituents is 1. The summed E-state index contributed by atoms with van der Waals surface area (Å²) in [5, 5.41) is 18.9. The molecule has 0 aliphatic heterocycles. The van der Waals surface area contributed by atoms with Crippen molar-refractivity contribution < 1.29 is 32.7 Å². The lowest BCUT2D eigenvalue weighted by Crippen LogP contribution is -2.12. The molecule has 0 amide bonds. The summed E-state index contributed by atoms with van der Waals surface area (Å²) in [6.45, 7) is 0. The molecule has 1 rings (SSSR count). The average molecular weight is 251 g/mol. The summed E-state index contributed by atoms with van der Waals surface area (Å²) in [6, 6.07) is 0. The number of hydrogen-bond acceptors (Lipinski definition) is 4. The first-order valence-electron chi connectivity index (χ1n) is 3.95. The van der Waals surface area contributed by atoms with Gasteiger partial charge in [0.2, 0.25) is 11.6 Å². The third-order valence-electron chi connectivity index (χ3n) is 1.86. The van der Waals surface area contributed by atoms with Crippen molar-refractivity contribution in [3.8, 4) is 5.75 Å². The van der Waals surface area contributed by atoms with Crippen LogP contribution in [0.25, 0.3) is 0 Å². The molecule has 0 heterocycles. The maximum absolute atomic E-state index is 13.4. The summed E-state index contributed by atoms with van der Waals surface area (Å²) in [5.41, 5.74) is -3.38. The molecule has 1 aromatic carbocycles. The number of benzene rings is 1. The first-order valence-corrected chi connectivity index (χ1v) is 3.95. The molecule has 0 unspecified atom stereocenters. The molecule has 0 aromatic heterocycles. The van der Waals surface area contributed by atoms with Gasteiger partial charge in [-0.2, -0.15) is 8.78 Å². The Morgan fingerprint density at radius 2 is 1.82 bits per heavy atom. The molecule has 0 saturated heterocycles. The predicted octanol–water partition coefficient (Wildman–Crippen LogP) is 1.72. The van der Waals surface area contributed by atoms with E-state index in [0.29, 0.717) is 0 Å². The Balaban J connectivity index is 3.84. The van der Waals surface area contributed by atoms with Crippen molar-refractivity contribution in [1.29, 1.82) is 0 Å². The highest BCUT2D eigenvalue weighted by Gasteiger charge is 2.36. The van der Waals surface area contributed by atoms with E-state index in [1.807, 2.05) is 0 Å². The quantitative estimate of drug-likeness (QED) is 0.501. The van der Waals surface area contributed by atoms with Crippen molar-refractivity contribution in [2.24, 2.45) is 0 Å². The molecule has 0 bridgehead atoms. The molecule has 0 aliphatic rings. The van der Waals surface area contributed by atoms with E-state index in [1.165, 1.54) is 0 Å². The van der Waals surface area contributed by atoms with Crippen LogP contribution in [0.1, 0.15) is 10.4 Å². The molecule has 1 aromatic rings. The highest BCUT2D eigenvalue weighted by Crippen LogP contribution is 2.35. The Hall–Kier alpha value is -2.32. The summed E-state index contributed by atoms with van der Waals surface area (Å²) < 4.78 is 43.7. The maximum Gasteiger partial charge on any atom is 0.346 e. The summed E-state index contributed by atoms with van der Waals surface area (Å²) in [7, 11) is 0.762. The second kappa shape index (κ2) is 4.28. The molecule has 0 radical (unpaired) electrons. The highest BCUT2D eigenvalue weighted by molar-refractivity contribution is 5.93. The molecule has 0 saturated carbocycles. The van der Waals surface area contributed by atoms with Crippen molar-refractivity contribution >= 4 is 11.7 Å². The number of nitrogens with zero attached hydrogens (tertiary/aromatic N) is 1. The molecule has 0 fully saturated rings. The summed E-state index contributed by atoms with van der Waals surface area (Å²) >= 11 is 0. The normalized spacial score (nSPS) is 10.1. The number of hydrogen-bond donors (Lipinski definition) is 1. The zero-order valence-corrected chi connectivity index (χ0v) is 8.16. The van der Waals surface area contributed by atoms with Gasteiger partial charge in [0.15, 0.2) is 17.1 Å². The molecule has 0 spiro atoms. The van der Waals surface area contributed by atoms with Crippen molar-refractivity contribution in [1.82, 2.24) is 0 Å². The van der Waals surface area contributed by atoms with Gasteiger partial charge in [-0.1, -0.05) is 0 Å².